The summed E-state index contributed by atoms with van der Waals surface area (Å²) < 4.78 is 20.7. The first-order valence-electron chi connectivity index (χ1n) is 20.4. The average molecular weight is 800 g/mol. The van der Waals surface area contributed by atoms with Crippen molar-refractivity contribution < 1.29 is 28.6 Å². The Kier molecular flexibility index (Phi) is 15.7. The molecular formula is C41H57N11O6. The summed E-state index contributed by atoms with van der Waals surface area (Å²) in [4.78, 5) is 50.8. The molecule has 312 valence electrons. The number of imide groups is 1. The molecule has 3 aromatic heterocycles. The number of hydrogen-bond donors (Lipinski definition) is 2. The van der Waals surface area contributed by atoms with Crippen molar-refractivity contribution in [2.45, 2.75) is 72.1 Å². The summed E-state index contributed by atoms with van der Waals surface area (Å²) in [6.45, 7) is 13.2. The van der Waals surface area contributed by atoms with E-state index in [0.717, 1.165) is 73.9 Å². The highest BCUT2D eigenvalue weighted by atomic mass is 16.5. The molecule has 0 saturated carbocycles. The van der Waals surface area contributed by atoms with Crippen molar-refractivity contribution in [3.8, 4) is 0 Å². The normalized spacial score (nSPS) is 14.7. The van der Waals surface area contributed by atoms with Gasteiger partial charge in [0.25, 0.3) is 11.8 Å². The summed E-state index contributed by atoms with van der Waals surface area (Å²) in [7, 11) is 0. The molecule has 2 aliphatic heterocycles. The molecule has 3 N–H and O–H groups in total. The van der Waals surface area contributed by atoms with Crippen molar-refractivity contribution in [1.82, 2.24) is 44.2 Å². The van der Waals surface area contributed by atoms with Gasteiger partial charge in [0, 0.05) is 77.2 Å². The number of nitrogens with one attached hydrogen (secondary N) is 1. The van der Waals surface area contributed by atoms with Gasteiger partial charge < -0.3 is 34.7 Å². The maximum absolute atomic E-state index is 12.9. The van der Waals surface area contributed by atoms with E-state index in [0.29, 0.717) is 71.3 Å². The number of fused-ring (bicyclic) bond motifs is 1. The van der Waals surface area contributed by atoms with E-state index >= 15 is 0 Å². The molecule has 3 amide bonds. The molecule has 2 aliphatic rings. The van der Waals surface area contributed by atoms with Crippen molar-refractivity contribution >= 4 is 40.5 Å². The van der Waals surface area contributed by atoms with Crippen LogP contribution in [0.1, 0.15) is 61.4 Å². The Hall–Kier alpha value is -5.23. The molecule has 1 saturated heterocycles. The van der Waals surface area contributed by atoms with Crippen molar-refractivity contribution in [2.24, 2.45) is 0 Å². The van der Waals surface area contributed by atoms with Gasteiger partial charge in [0.2, 0.25) is 11.9 Å². The fourth-order valence-corrected chi connectivity index (χ4v) is 7.05. The number of nitrogen functional groups attached to an aromatic ring is 1. The quantitative estimate of drug-likeness (QED) is 0.0778. The predicted molar refractivity (Wildman–Crippen MR) is 219 cm³/mol. The number of hydrogen-bond acceptors (Lipinski definition) is 13. The lowest BCUT2D eigenvalue weighted by Crippen LogP contribution is -2.48. The summed E-state index contributed by atoms with van der Waals surface area (Å²) in [6.07, 6.45) is 10.8. The number of piperazine rings is 1. The van der Waals surface area contributed by atoms with E-state index in [1.165, 1.54) is 35.3 Å². The van der Waals surface area contributed by atoms with Gasteiger partial charge >= 0.3 is 0 Å². The first kappa shape index (κ1) is 42.4. The predicted octanol–water partition coefficient (Wildman–Crippen LogP) is 3.16. The SMILES string of the molecule is CCCCCNc1nc(N)nc2ccn(Cc3ccc(CN4CCN(C(=O)CCCOCCOCCOCCn5cc(CN6C(=O)C=CC6=O)nn5)CC4)cc3C)c12. The third kappa shape index (κ3) is 12.1. The molecule has 58 heavy (non-hydrogen) atoms. The van der Waals surface area contributed by atoms with Gasteiger partial charge in [-0.05, 0) is 42.5 Å². The average Bonchev–Trinajstić information content (AvgIpc) is 3.93. The molecular weight excluding hydrogens is 743 g/mol. The van der Waals surface area contributed by atoms with E-state index in [1.54, 1.807) is 10.9 Å². The van der Waals surface area contributed by atoms with Crippen molar-refractivity contribution in [2.75, 3.05) is 83.4 Å². The molecule has 0 spiro atoms. The highest BCUT2D eigenvalue weighted by Gasteiger charge is 2.24. The first-order chi connectivity index (χ1) is 28.3. The third-order valence-electron chi connectivity index (χ3n) is 10.3. The molecule has 1 fully saturated rings. The standard InChI is InChI=1S/C41H57N11O6/c1-3-4-5-13-43-40-39-35(44-41(42)45-40)12-14-50(39)28-33-9-8-32(26-31(33)2)27-48-15-17-49(18-16-48)36(53)7-6-20-56-22-24-58-25-23-57-21-19-51-29-34(46-47-51)30-52-37(54)10-11-38(52)55/h8-12,14,26,29H,3-7,13,15-25,27-28,30H2,1-2H3,(H3,42,43,44,45). The molecule has 4 aromatic rings. The number of ether oxygens (including phenoxy) is 3. The van der Waals surface area contributed by atoms with Gasteiger partial charge in [-0.2, -0.15) is 4.98 Å². The van der Waals surface area contributed by atoms with E-state index in [-0.39, 0.29) is 30.2 Å². The second-order valence-electron chi connectivity index (χ2n) is 14.7. The Morgan fingerprint density at radius 3 is 2.34 bits per heavy atom. The van der Waals surface area contributed by atoms with Crippen LogP contribution >= 0.6 is 0 Å². The number of aryl methyl sites for hydroxylation is 1. The monoisotopic (exact) mass is 799 g/mol. The number of unbranched alkanes of at least 4 members (excludes halogenated alkanes) is 2. The van der Waals surface area contributed by atoms with Crippen LogP contribution in [0.4, 0.5) is 11.8 Å². The minimum Gasteiger partial charge on any atom is -0.379 e. The van der Waals surface area contributed by atoms with Gasteiger partial charge in [0.1, 0.15) is 11.2 Å². The van der Waals surface area contributed by atoms with Crippen LogP contribution in [0.25, 0.3) is 11.0 Å². The minimum absolute atomic E-state index is 0.0927. The number of benzene rings is 1. The molecule has 0 atom stereocenters. The number of rotatable bonds is 24. The van der Waals surface area contributed by atoms with Crippen molar-refractivity contribution in [3.05, 3.63) is 71.2 Å². The van der Waals surface area contributed by atoms with Crippen LogP contribution in [0.3, 0.4) is 0 Å². The highest BCUT2D eigenvalue weighted by molar-refractivity contribution is 6.12. The number of nitrogens with two attached hydrogens (primary N) is 1. The fourth-order valence-electron chi connectivity index (χ4n) is 7.05. The minimum atomic E-state index is -0.350. The lowest BCUT2D eigenvalue weighted by molar-refractivity contribution is -0.137. The summed E-state index contributed by atoms with van der Waals surface area (Å²) in [5.41, 5.74) is 12.1. The maximum atomic E-state index is 12.9. The summed E-state index contributed by atoms with van der Waals surface area (Å²) >= 11 is 0. The van der Waals surface area contributed by atoms with Gasteiger partial charge in [0.05, 0.1) is 57.8 Å². The molecule has 5 heterocycles. The number of aromatic nitrogens is 6. The van der Waals surface area contributed by atoms with Gasteiger partial charge in [-0.15, -0.1) is 5.10 Å². The number of carbonyl (C=O) groups excluding carboxylic acids is 3. The van der Waals surface area contributed by atoms with Crippen LogP contribution in [0.15, 0.2) is 48.8 Å². The Bertz CT molecular complexity index is 1990. The first-order valence-corrected chi connectivity index (χ1v) is 20.4. The van der Waals surface area contributed by atoms with E-state index in [2.05, 4.69) is 73.3 Å². The molecule has 17 nitrogen and oxygen atoms in total. The van der Waals surface area contributed by atoms with Crippen LogP contribution < -0.4 is 11.1 Å². The number of nitrogens with zero attached hydrogens (tertiary/aromatic N) is 9. The molecule has 0 aliphatic carbocycles. The number of anilines is 2. The Morgan fingerprint density at radius 2 is 1.60 bits per heavy atom. The van der Waals surface area contributed by atoms with Crippen molar-refractivity contribution in [1.29, 1.82) is 0 Å². The third-order valence-corrected chi connectivity index (χ3v) is 10.3. The topological polar surface area (TPSA) is 188 Å². The van der Waals surface area contributed by atoms with E-state index < -0.39 is 0 Å². The fraction of sp³-hybridized carbons (Fsp3) is 0.537. The van der Waals surface area contributed by atoms with E-state index in [1.807, 2.05) is 11.0 Å². The maximum Gasteiger partial charge on any atom is 0.253 e. The zero-order chi connectivity index (χ0) is 40.7. The zero-order valence-electron chi connectivity index (χ0n) is 33.8. The van der Waals surface area contributed by atoms with Crippen LogP contribution in [0, 0.1) is 6.92 Å². The number of amides is 3. The van der Waals surface area contributed by atoms with Gasteiger partial charge in [-0.25, -0.2) is 9.67 Å². The molecule has 17 heteroatoms. The highest BCUT2D eigenvalue weighted by Crippen LogP contribution is 2.25. The zero-order valence-corrected chi connectivity index (χ0v) is 33.8. The van der Waals surface area contributed by atoms with Crippen LogP contribution in [0.2, 0.25) is 0 Å². The van der Waals surface area contributed by atoms with Crippen molar-refractivity contribution in [3.63, 3.8) is 0 Å². The Labute approximate surface area is 339 Å². The number of carbonyl (C=O) groups is 3. The summed E-state index contributed by atoms with van der Waals surface area (Å²) in [6, 6.07) is 8.72. The molecule has 6 rings (SSSR count). The second-order valence-corrected chi connectivity index (χ2v) is 14.7. The molecule has 0 radical (unpaired) electrons. The molecule has 0 bridgehead atoms. The van der Waals surface area contributed by atoms with Gasteiger partial charge in [0.15, 0.2) is 5.82 Å². The lowest BCUT2D eigenvalue weighted by atomic mass is 10.0. The van der Waals surface area contributed by atoms with Crippen LogP contribution in [-0.2, 0) is 54.8 Å². The molecule has 1 aromatic carbocycles. The van der Waals surface area contributed by atoms with E-state index in [4.69, 9.17) is 19.9 Å². The Morgan fingerprint density at radius 1 is 0.862 bits per heavy atom. The Balaban J connectivity index is 0.796. The van der Waals surface area contributed by atoms with Crippen LogP contribution in [-0.4, -0.2) is 134 Å². The van der Waals surface area contributed by atoms with E-state index in [9.17, 15) is 14.4 Å². The summed E-state index contributed by atoms with van der Waals surface area (Å²) in [5.74, 6) is 0.545. The smallest absolute Gasteiger partial charge is 0.253 e. The summed E-state index contributed by atoms with van der Waals surface area (Å²) in [5, 5.41) is 11.5. The van der Waals surface area contributed by atoms with Gasteiger partial charge in [-0.1, -0.05) is 43.2 Å². The second kappa shape index (κ2) is 21.5. The van der Waals surface area contributed by atoms with Crippen LogP contribution in [0.5, 0.6) is 0 Å². The van der Waals surface area contributed by atoms with Gasteiger partial charge in [-0.3, -0.25) is 24.2 Å². The molecule has 0 unspecified atom stereocenters. The largest absolute Gasteiger partial charge is 0.379 e. The lowest BCUT2D eigenvalue weighted by Gasteiger charge is -2.35.